The number of carbonyl (C=O) groups is 1. The third kappa shape index (κ3) is 7.70. The summed E-state index contributed by atoms with van der Waals surface area (Å²) in [5.41, 5.74) is 0. The summed E-state index contributed by atoms with van der Waals surface area (Å²) in [6.07, 6.45) is 6.92. The fourth-order valence-corrected chi connectivity index (χ4v) is 2.01. The molecule has 3 atom stereocenters. The molecule has 0 saturated heterocycles. The molecule has 0 rings (SSSR count). The minimum atomic E-state index is -0.0904. The number of nitrogens with one attached hydrogen (secondary N) is 2. The lowest BCUT2D eigenvalue weighted by Gasteiger charge is -2.23. The Balaban J connectivity index is 4.13. The molecule has 0 aromatic heterocycles. The van der Waals surface area contributed by atoms with Gasteiger partial charge in [0.1, 0.15) is 0 Å². The van der Waals surface area contributed by atoms with Crippen molar-refractivity contribution in [2.45, 2.75) is 91.3 Å². The third-order valence-corrected chi connectivity index (χ3v) is 3.42. The van der Waals surface area contributed by atoms with Crippen LogP contribution in [0.5, 0.6) is 0 Å². The van der Waals surface area contributed by atoms with E-state index < -0.39 is 0 Å². The highest BCUT2D eigenvalue weighted by molar-refractivity contribution is 5.81. The van der Waals surface area contributed by atoms with E-state index in [2.05, 4.69) is 31.4 Å². The Hall–Kier alpha value is -0.570. The summed E-state index contributed by atoms with van der Waals surface area (Å²) in [4.78, 5) is 12.0. The molecule has 18 heavy (non-hydrogen) atoms. The van der Waals surface area contributed by atoms with Gasteiger partial charge in [-0.25, -0.2) is 0 Å². The molecule has 0 aliphatic heterocycles. The van der Waals surface area contributed by atoms with Crippen LogP contribution in [-0.4, -0.2) is 24.0 Å². The molecule has 0 aromatic rings. The van der Waals surface area contributed by atoms with Gasteiger partial charge in [0.2, 0.25) is 5.91 Å². The number of hydrogen-bond donors (Lipinski definition) is 2. The number of hydrogen-bond acceptors (Lipinski definition) is 2. The van der Waals surface area contributed by atoms with E-state index in [-0.39, 0.29) is 18.0 Å². The summed E-state index contributed by atoms with van der Waals surface area (Å²) < 4.78 is 0. The van der Waals surface area contributed by atoms with Crippen LogP contribution in [0.3, 0.4) is 0 Å². The van der Waals surface area contributed by atoms with Gasteiger partial charge in [-0.3, -0.25) is 4.79 Å². The molecule has 3 nitrogen and oxygen atoms in total. The van der Waals surface area contributed by atoms with Gasteiger partial charge in [-0.2, -0.15) is 0 Å². The normalized spacial score (nSPS) is 16.1. The Morgan fingerprint density at radius 2 is 1.72 bits per heavy atom. The monoisotopic (exact) mass is 256 g/mol. The molecule has 0 saturated carbocycles. The average molecular weight is 256 g/mol. The molecule has 0 aliphatic rings. The molecule has 108 valence electrons. The van der Waals surface area contributed by atoms with Crippen molar-refractivity contribution in [2.75, 3.05) is 0 Å². The molecule has 0 aliphatic carbocycles. The number of carbonyl (C=O) groups excluding carboxylic acids is 1. The van der Waals surface area contributed by atoms with Crippen LogP contribution in [0.4, 0.5) is 0 Å². The van der Waals surface area contributed by atoms with Crippen molar-refractivity contribution in [3.63, 3.8) is 0 Å². The summed E-state index contributed by atoms with van der Waals surface area (Å²) in [6, 6.07) is 0.655. The van der Waals surface area contributed by atoms with Crippen molar-refractivity contribution in [2.24, 2.45) is 0 Å². The van der Waals surface area contributed by atoms with Crippen LogP contribution in [-0.2, 0) is 4.79 Å². The molecule has 3 unspecified atom stereocenters. The van der Waals surface area contributed by atoms with Crippen LogP contribution in [0.15, 0.2) is 0 Å². The predicted molar refractivity (Wildman–Crippen MR) is 78.7 cm³/mol. The minimum Gasteiger partial charge on any atom is -0.352 e. The summed E-state index contributed by atoms with van der Waals surface area (Å²) >= 11 is 0. The lowest BCUT2D eigenvalue weighted by atomic mass is 10.0. The molecule has 2 N–H and O–H groups in total. The van der Waals surface area contributed by atoms with Gasteiger partial charge in [0, 0.05) is 12.1 Å². The van der Waals surface area contributed by atoms with Crippen molar-refractivity contribution in [3.8, 4) is 0 Å². The quantitative estimate of drug-likeness (QED) is 0.630. The van der Waals surface area contributed by atoms with Crippen molar-refractivity contribution in [3.05, 3.63) is 0 Å². The molecule has 0 fully saturated rings. The van der Waals surface area contributed by atoms with Crippen LogP contribution >= 0.6 is 0 Å². The van der Waals surface area contributed by atoms with Gasteiger partial charge in [0.15, 0.2) is 0 Å². The first-order valence-electron chi connectivity index (χ1n) is 7.61. The Morgan fingerprint density at radius 1 is 1.06 bits per heavy atom. The lowest BCUT2D eigenvalue weighted by Crippen LogP contribution is -2.48. The molecule has 0 aromatic carbocycles. The van der Waals surface area contributed by atoms with Crippen molar-refractivity contribution in [1.82, 2.24) is 10.6 Å². The summed E-state index contributed by atoms with van der Waals surface area (Å²) in [5.74, 6) is 0.127. The molecule has 0 spiro atoms. The zero-order valence-electron chi connectivity index (χ0n) is 12.9. The highest BCUT2D eigenvalue weighted by atomic mass is 16.2. The highest BCUT2D eigenvalue weighted by Crippen LogP contribution is 2.08. The summed E-state index contributed by atoms with van der Waals surface area (Å²) in [5, 5.41) is 6.50. The highest BCUT2D eigenvalue weighted by Gasteiger charge is 2.17. The maximum Gasteiger partial charge on any atom is 0.237 e. The standard InChI is InChI=1S/C15H32N2O/c1-6-9-11-14(10-7-2)17-13(5)15(18)16-12(4)8-3/h12-14,17H,6-11H2,1-5H3,(H,16,18). The Bertz CT molecular complexity index is 219. The zero-order valence-corrected chi connectivity index (χ0v) is 12.9. The van der Waals surface area contributed by atoms with Crippen LogP contribution in [0.2, 0.25) is 0 Å². The van der Waals surface area contributed by atoms with Gasteiger partial charge in [-0.1, -0.05) is 40.0 Å². The van der Waals surface area contributed by atoms with Gasteiger partial charge in [0.05, 0.1) is 6.04 Å². The SMILES string of the molecule is CCCCC(CCC)NC(C)C(=O)NC(C)CC. The van der Waals surface area contributed by atoms with Crippen molar-refractivity contribution in [1.29, 1.82) is 0 Å². The van der Waals surface area contributed by atoms with E-state index in [9.17, 15) is 4.79 Å². The van der Waals surface area contributed by atoms with Crippen LogP contribution in [0.1, 0.15) is 73.1 Å². The topological polar surface area (TPSA) is 41.1 Å². The molecular formula is C15H32N2O. The van der Waals surface area contributed by atoms with Gasteiger partial charge < -0.3 is 10.6 Å². The van der Waals surface area contributed by atoms with Crippen LogP contribution < -0.4 is 10.6 Å². The minimum absolute atomic E-state index is 0.0904. The van der Waals surface area contributed by atoms with Gasteiger partial charge in [-0.15, -0.1) is 0 Å². The number of unbranched alkanes of at least 4 members (excludes halogenated alkanes) is 1. The van der Waals surface area contributed by atoms with E-state index in [1.54, 1.807) is 0 Å². The second-order valence-electron chi connectivity index (χ2n) is 5.33. The Kier molecular flexibility index (Phi) is 10.0. The Labute approximate surface area is 113 Å². The van der Waals surface area contributed by atoms with Gasteiger partial charge >= 0.3 is 0 Å². The smallest absolute Gasteiger partial charge is 0.237 e. The average Bonchev–Trinajstić information content (AvgIpc) is 2.35. The van der Waals surface area contributed by atoms with Crippen molar-refractivity contribution < 1.29 is 4.79 Å². The second kappa shape index (κ2) is 10.4. The zero-order chi connectivity index (χ0) is 14.0. The van der Waals surface area contributed by atoms with Crippen molar-refractivity contribution >= 4 is 5.91 Å². The van der Waals surface area contributed by atoms with Gasteiger partial charge in [-0.05, 0) is 33.1 Å². The van der Waals surface area contributed by atoms with Gasteiger partial charge in [0.25, 0.3) is 0 Å². The van der Waals surface area contributed by atoms with Crippen LogP contribution in [0.25, 0.3) is 0 Å². The molecular weight excluding hydrogens is 224 g/mol. The fraction of sp³-hybridized carbons (Fsp3) is 0.933. The predicted octanol–water partition coefficient (Wildman–Crippen LogP) is 3.24. The first kappa shape index (κ1) is 17.4. The largest absolute Gasteiger partial charge is 0.352 e. The van der Waals surface area contributed by atoms with E-state index >= 15 is 0 Å². The maximum atomic E-state index is 12.0. The van der Waals surface area contributed by atoms with E-state index in [1.165, 1.54) is 25.7 Å². The fourth-order valence-electron chi connectivity index (χ4n) is 2.01. The first-order chi connectivity index (χ1) is 8.54. The molecule has 3 heteroatoms. The summed E-state index contributed by atoms with van der Waals surface area (Å²) in [6.45, 7) is 10.5. The molecule has 0 radical (unpaired) electrons. The van der Waals surface area contributed by atoms with Crippen LogP contribution in [0, 0.1) is 0 Å². The van der Waals surface area contributed by atoms with E-state index in [1.807, 2.05) is 13.8 Å². The Morgan fingerprint density at radius 3 is 2.22 bits per heavy atom. The second-order valence-corrected chi connectivity index (χ2v) is 5.33. The molecule has 1 amide bonds. The molecule has 0 bridgehead atoms. The first-order valence-corrected chi connectivity index (χ1v) is 7.61. The third-order valence-electron chi connectivity index (χ3n) is 3.42. The molecule has 0 heterocycles. The van der Waals surface area contributed by atoms with E-state index in [4.69, 9.17) is 0 Å². The van der Waals surface area contributed by atoms with E-state index in [0.717, 1.165) is 12.8 Å². The summed E-state index contributed by atoms with van der Waals surface area (Å²) in [7, 11) is 0. The number of rotatable bonds is 10. The van der Waals surface area contributed by atoms with E-state index in [0.29, 0.717) is 6.04 Å². The number of amides is 1. The maximum absolute atomic E-state index is 12.0. The lowest BCUT2D eigenvalue weighted by molar-refractivity contribution is -0.123.